The van der Waals surface area contributed by atoms with Gasteiger partial charge in [0, 0.05) is 39.4 Å². The Morgan fingerprint density at radius 2 is 1.32 bits per heavy atom. The number of hydrogen-bond donors (Lipinski definition) is 0. The van der Waals surface area contributed by atoms with Crippen LogP contribution in [0.3, 0.4) is 0 Å². The number of hydrogen-bond acceptors (Lipinski definition) is 4. The first-order chi connectivity index (χ1) is 15.0. The topological polar surface area (TPSA) is 60.4 Å². The molecule has 31 heavy (non-hydrogen) atoms. The summed E-state index contributed by atoms with van der Waals surface area (Å²) in [7, 11) is 0. The quantitative estimate of drug-likeness (QED) is 0.217. The van der Waals surface area contributed by atoms with Crippen molar-refractivity contribution in [1.82, 2.24) is 0 Å². The van der Waals surface area contributed by atoms with Gasteiger partial charge in [-0.25, -0.2) is 0 Å². The van der Waals surface area contributed by atoms with Crippen molar-refractivity contribution in [2.75, 3.05) is 0 Å². The van der Waals surface area contributed by atoms with E-state index in [-0.39, 0.29) is 0 Å². The van der Waals surface area contributed by atoms with Gasteiger partial charge in [-0.3, -0.25) is 9.59 Å². The van der Waals surface area contributed by atoms with E-state index < -0.39 is 0 Å². The molecule has 7 heteroatoms. The molecular formula is C24H19Br3O4. The van der Waals surface area contributed by atoms with Crippen LogP contribution in [0.4, 0.5) is 0 Å². The van der Waals surface area contributed by atoms with Crippen LogP contribution in [-0.4, -0.2) is 12.6 Å². The van der Waals surface area contributed by atoms with Gasteiger partial charge >= 0.3 is 0 Å². The van der Waals surface area contributed by atoms with Crippen molar-refractivity contribution in [3.8, 4) is 22.3 Å². The van der Waals surface area contributed by atoms with Crippen molar-refractivity contribution in [1.29, 1.82) is 0 Å². The molecule has 0 aliphatic carbocycles. The van der Waals surface area contributed by atoms with E-state index >= 15 is 0 Å². The lowest BCUT2D eigenvalue weighted by Crippen LogP contribution is -1.77. The van der Waals surface area contributed by atoms with Crippen molar-refractivity contribution >= 4 is 56.8 Å². The molecule has 0 radical (unpaired) electrons. The SMILES string of the molecule is BrBr.Cc1cccc(-c2cc(C=O)oc2Br)c1.Cc1cccc(-c2coc(C=O)c2)c1. The molecule has 2 aromatic heterocycles. The zero-order chi connectivity index (χ0) is 22.8. The van der Waals surface area contributed by atoms with E-state index in [1.54, 1.807) is 18.4 Å². The van der Waals surface area contributed by atoms with E-state index in [9.17, 15) is 9.59 Å². The van der Waals surface area contributed by atoms with Gasteiger partial charge in [0.1, 0.15) is 0 Å². The largest absolute Gasteiger partial charge is 0.461 e. The molecule has 0 fully saturated rings. The third-order valence-electron chi connectivity index (χ3n) is 4.24. The number of benzene rings is 2. The second kappa shape index (κ2) is 12.6. The lowest BCUT2D eigenvalue weighted by Gasteiger charge is -1.98. The zero-order valence-corrected chi connectivity index (χ0v) is 21.5. The van der Waals surface area contributed by atoms with Crippen LogP contribution in [0.25, 0.3) is 22.3 Å². The Morgan fingerprint density at radius 3 is 1.84 bits per heavy atom. The third kappa shape index (κ3) is 7.16. The lowest BCUT2D eigenvalue weighted by atomic mass is 10.1. The van der Waals surface area contributed by atoms with Crippen LogP contribution in [0.15, 0.2) is 80.4 Å². The van der Waals surface area contributed by atoms with Crippen LogP contribution < -0.4 is 0 Å². The summed E-state index contributed by atoms with van der Waals surface area (Å²) in [6.07, 6.45) is 3.00. The van der Waals surface area contributed by atoms with Gasteiger partial charge in [-0.05, 0) is 53.0 Å². The molecule has 0 atom stereocenters. The van der Waals surface area contributed by atoms with Crippen LogP contribution >= 0.6 is 44.2 Å². The molecule has 4 rings (SSSR count). The van der Waals surface area contributed by atoms with Crippen LogP contribution in [0, 0.1) is 13.8 Å². The van der Waals surface area contributed by atoms with E-state index in [2.05, 4.69) is 50.3 Å². The third-order valence-corrected chi connectivity index (χ3v) is 4.83. The highest BCUT2D eigenvalue weighted by atomic mass is 80.9. The van der Waals surface area contributed by atoms with Crippen molar-refractivity contribution in [3.63, 3.8) is 0 Å². The van der Waals surface area contributed by atoms with E-state index in [1.165, 1.54) is 11.1 Å². The number of aryl methyl sites for hydroxylation is 2. The molecule has 4 nitrogen and oxygen atoms in total. The number of carbonyl (C=O) groups is 2. The van der Waals surface area contributed by atoms with E-state index in [4.69, 9.17) is 8.83 Å². The Kier molecular flexibility index (Phi) is 10.2. The number of aldehydes is 2. The molecule has 4 aromatic rings. The van der Waals surface area contributed by atoms with Crippen LogP contribution in [0.1, 0.15) is 32.2 Å². The summed E-state index contributed by atoms with van der Waals surface area (Å²) in [5.41, 5.74) is 6.32. The van der Waals surface area contributed by atoms with Crippen molar-refractivity contribution in [3.05, 3.63) is 94.2 Å². The molecule has 2 heterocycles. The fourth-order valence-corrected chi connectivity index (χ4v) is 3.38. The molecule has 0 spiro atoms. The first kappa shape index (κ1) is 25.0. The summed E-state index contributed by atoms with van der Waals surface area (Å²) in [5, 5.41) is 0. The zero-order valence-electron chi connectivity index (χ0n) is 16.8. The van der Waals surface area contributed by atoms with Gasteiger partial charge in [-0.2, -0.15) is 0 Å². The molecule has 2 aromatic carbocycles. The summed E-state index contributed by atoms with van der Waals surface area (Å²) < 4.78 is 10.8. The molecule has 0 unspecified atom stereocenters. The maximum Gasteiger partial charge on any atom is 0.185 e. The summed E-state index contributed by atoms with van der Waals surface area (Å²) in [6, 6.07) is 19.6. The molecule has 0 bridgehead atoms. The van der Waals surface area contributed by atoms with Crippen molar-refractivity contribution in [2.24, 2.45) is 0 Å². The molecule has 160 valence electrons. The number of carbonyl (C=O) groups excluding carboxylic acids is 2. The minimum Gasteiger partial charge on any atom is -0.461 e. The Bertz CT molecular complexity index is 1150. The molecular weight excluding hydrogens is 592 g/mol. The van der Waals surface area contributed by atoms with Gasteiger partial charge in [-0.1, -0.05) is 59.7 Å². The second-order valence-corrected chi connectivity index (χ2v) is 7.27. The van der Waals surface area contributed by atoms with E-state index in [1.807, 2.05) is 56.3 Å². The van der Waals surface area contributed by atoms with Gasteiger partial charge < -0.3 is 8.83 Å². The number of rotatable bonds is 4. The molecule has 0 amide bonds. The second-order valence-electron chi connectivity index (χ2n) is 6.55. The minimum atomic E-state index is 0.332. The van der Waals surface area contributed by atoms with Crippen molar-refractivity contribution < 1.29 is 18.4 Å². The number of halogens is 3. The predicted octanol–water partition coefficient (Wildman–Crippen LogP) is 8.59. The maximum absolute atomic E-state index is 10.6. The normalized spacial score (nSPS) is 9.71. The molecule has 0 saturated carbocycles. The molecule has 0 N–H and O–H groups in total. The summed E-state index contributed by atoms with van der Waals surface area (Å²) >= 11 is 8.79. The Balaban J connectivity index is 0.000000204. The Labute approximate surface area is 204 Å². The first-order valence-electron chi connectivity index (χ1n) is 9.06. The van der Waals surface area contributed by atoms with Crippen LogP contribution in [0.2, 0.25) is 0 Å². The minimum absolute atomic E-state index is 0.332. The van der Waals surface area contributed by atoms with Crippen LogP contribution in [0.5, 0.6) is 0 Å². The van der Waals surface area contributed by atoms with Crippen molar-refractivity contribution in [2.45, 2.75) is 13.8 Å². The molecule has 0 aliphatic rings. The van der Waals surface area contributed by atoms with Gasteiger partial charge in [0.15, 0.2) is 28.8 Å². The summed E-state index contributed by atoms with van der Waals surface area (Å²) in [6.45, 7) is 4.06. The van der Waals surface area contributed by atoms with Gasteiger partial charge in [0.05, 0.1) is 6.26 Å². The highest BCUT2D eigenvalue weighted by Gasteiger charge is 2.10. The van der Waals surface area contributed by atoms with Crippen LogP contribution in [-0.2, 0) is 0 Å². The summed E-state index contributed by atoms with van der Waals surface area (Å²) in [4.78, 5) is 21.0. The lowest BCUT2D eigenvalue weighted by molar-refractivity contribution is 0.109. The fraction of sp³-hybridized carbons (Fsp3) is 0.0833. The monoisotopic (exact) mass is 608 g/mol. The highest BCUT2D eigenvalue weighted by Crippen LogP contribution is 2.31. The predicted molar refractivity (Wildman–Crippen MR) is 134 cm³/mol. The Morgan fingerprint density at radius 1 is 0.742 bits per heavy atom. The fourth-order valence-electron chi connectivity index (χ4n) is 2.85. The van der Waals surface area contributed by atoms with E-state index in [0.29, 0.717) is 28.8 Å². The standard InChI is InChI=1S/C12H9BrO2.C12H10O2.Br2/c1-8-3-2-4-9(5-8)11-6-10(7-14)15-12(11)13;1-9-3-2-4-10(5-9)11-6-12(7-13)14-8-11;1-2/h2-7H,1H3;2-8H,1H3;. The van der Waals surface area contributed by atoms with Gasteiger partial charge in [0.2, 0.25) is 0 Å². The smallest absolute Gasteiger partial charge is 0.185 e. The first-order valence-corrected chi connectivity index (χ1v) is 13.6. The van der Waals surface area contributed by atoms with Gasteiger partial charge in [0.25, 0.3) is 0 Å². The average molecular weight is 611 g/mol. The highest BCUT2D eigenvalue weighted by molar-refractivity contribution is 9.93. The number of furan rings is 2. The summed E-state index contributed by atoms with van der Waals surface area (Å²) in [5.74, 6) is 0.694. The average Bonchev–Trinajstić information content (AvgIpc) is 3.42. The van der Waals surface area contributed by atoms with Gasteiger partial charge in [-0.15, -0.1) is 0 Å². The maximum atomic E-state index is 10.6. The Hall–Kier alpha value is -2.22. The molecule has 0 aliphatic heterocycles. The molecule has 0 saturated heterocycles. The van der Waals surface area contributed by atoms with E-state index in [0.717, 1.165) is 22.3 Å².